The Hall–Kier alpha value is -2.35. The van der Waals surface area contributed by atoms with Crippen molar-refractivity contribution in [3.63, 3.8) is 0 Å². The maximum absolute atomic E-state index is 5.15. The molecule has 0 amide bonds. The van der Waals surface area contributed by atoms with Crippen LogP contribution in [-0.2, 0) is 18.4 Å². The molecule has 1 heterocycles. The highest BCUT2D eigenvalue weighted by atomic mass is 15.1. The van der Waals surface area contributed by atoms with Gasteiger partial charge in [-0.2, -0.15) is 0 Å². The number of hydrogen-bond acceptors (Lipinski definition) is 1. The molecule has 0 N–H and O–H groups in total. The summed E-state index contributed by atoms with van der Waals surface area (Å²) in [6, 6.07) is 22.5. The topological polar surface area (TPSA) is 17.8 Å². The quantitative estimate of drug-likeness (QED) is 0.0733. The Morgan fingerprint density at radius 2 is 1.02 bits per heavy atom. The third kappa shape index (κ3) is 14.2. The van der Waals surface area contributed by atoms with Crippen LogP contribution < -0.4 is 0 Å². The average Bonchev–Trinajstić information content (AvgIpc) is 3.54. The Bertz CT molecular complexity index is 1100. The summed E-state index contributed by atoms with van der Waals surface area (Å²) in [5, 5.41) is 0. The van der Waals surface area contributed by atoms with Crippen LogP contribution in [0.1, 0.15) is 185 Å². The van der Waals surface area contributed by atoms with E-state index in [1.165, 1.54) is 158 Å². The van der Waals surface area contributed by atoms with Crippen LogP contribution in [0.4, 0.5) is 0 Å². The summed E-state index contributed by atoms with van der Waals surface area (Å²) in [5.41, 5.74) is 2.84. The van der Waals surface area contributed by atoms with Crippen LogP contribution in [-0.4, -0.2) is 9.55 Å². The highest BCUT2D eigenvalue weighted by Gasteiger charge is 2.39. The van der Waals surface area contributed by atoms with Crippen LogP contribution in [0.25, 0.3) is 0 Å². The number of hydrogen-bond donors (Lipinski definition) is 0. The molecule has 3 rings (SSSR count). The maximum Gasteiger partial charge on any atom is 0.112 e. The van der Waals surface area contributed by atoms with Crippen LogP contribution in [0.15, 0.2) is 73.1 Å². The Morgan fingerprint density at radius 3 is 1.54 bits per heavy atom. The van der Waals surface area contributed by atoms with Crippen molar-refractivity contribution in [3.05, 3.63) is 90.0 Å². The van der Waals surface area contributed by atoms with Gasteiger partial charge in [-0.1, -0.05) is 210 Å². The summed E-state index contributed by atoms with van der Waals surface area (Å²) < 4.78 is 2.53. The Morgan fingerprint density at radius 1 is 0.565 bits per heavy atom. The Balaban J connectivity index is 1.63. The van der Waals surface area contributed by atoms with Crippen molar-refractivity contribution in [2.45, 2.75) is 186 Å². The zero-order valence-electron chi connectivity index (χ0n) is 30.4. The van der Waals surface area contributed by atoms with E-state index in [1.54, 1.807) is 0 Å². The molecular weight excluding hydrogens is 556 g/mol. The van der Waals surface area contributed by atoms with Gasteiger partial charge in [-0.25, -0.2) is 4.98 Å². The first-order valence-corrected chi connectivity index (χ1v) is 19.8. The van der Waals surface area contributed by atoms with Crippen molar-refractivity contribution in [1.29, 1.82) is 0 Å². The standard InChI is InChI=1S/C44H70N2/c1-4-6-8-10-12-14-16-18-20-22-30-37-46-38-36-45-43(46)42(35-29-21-19-17-15-13-11-9-7-5-2)44(3,41-33-27-24-28-34-41)39-40-31-25-23-26-32-40/h23-28,31-34,36,38,42H,4-22,29-30,35,37,39H2,1-3H3. The van der Waals surface area contributed by atoms with E-state index < -0.39 is 0 Å². The van der Waals surface area contributed by atoms with Gasteiger partial charge >= 0.3 is 0 Å². The van der Waals surface area contributed by atoms with E-state index in [0.717, 1.165) is 13.0 Å². The molecule has 2 unspecified atom stereocenters. The zero-order chi connectivity index (χ0) is 32.5. The first-order chi connectivity index (χ1) is 22.7. The summed E-state index contributed by atoms with van der Waals surface area (Å²) in [4.78, 5) is 5.15. The first kappa shape index (κ1) is 38.1. The largest absolute Gasteiger partial charge is 0.335 e. The second-order valence-corrected chi connectivity index (χ2v) is 14.5. The van der Waals surface area contributed by atoms with Gasteiger partial charge in [-0.15, -0.1) is 0 Å². The minimum atomic E-state index is -0.0257. The van der Waals surface area contributed by atoms with Gasteiger partial charge in [-0.3, -0.25) is 0 Å². The van der Waals surface area contributed by atoms with Crippen LogP contribution in [0.2, 0.25) is 0 Å². The van der Waals surface area contributed by atoms with Gasteiger partial charge < -0.3 is 4.57 Å². The molecule has 46 heavy (non-hydrogen) atoms. The fourth-order valence-corrected chi connectivity index (χ4v) is 7.60. The van der Waals surface area contributed by atoms with Gasteiger partial charge in [0, 0.05) is 30.3 Å². The van der Waals surface area contributed by atoms with Crippen molar-refractivity contribution in [3.8, 4) is 0 Å². The van der Waals surface area contributed by atoms with Crippen LogP contribution in [0, 0.1) is 0 Å². The number of rotatable bonds is 28. The van der Waals surface area contributed by atoms with Crippen LogP contribution in [0.5, 0.6) is 0 Å². The fourth-order valence-electron chi connectivity index (χ4n) is 7.60. The first-order valence-electron chi connectivity index (χ1n) is 19.8. The summed E-state index contributed by atoms with van der Waals surface area (Å²) in [7, 11) is 0. The molecule has 256 valence electrons. The van der Waals surface area contributed by atoms with Gasteiger partial charge in [-0.05, 0) is 30.4 Å². The Kier molecular flexibility index (Phi) is 19.8. The van der Waals surface area contributed by atoms with Crippen molar-refractivity contribution < 1.29 is 0 Å². The SMILES string of the molecule is CCCCCCCCCCCCCn1ccnc1C(CCCCCCCCCCCC)C(C)(Cc1ccccc1)c1ccccc1. The van der Waals surface area contributed by atoms with E-state index in [0.29, 0.717) is 5.92 Å². The third-order valence-electron chi connectivity index (χ3n) is 10.5. The van der Waals surface area contributed by atoms with E-state index in [1.807, 2.05) is 0 Å². The second kappa shape index (κ2) is 23.9. The monoisotopic (exact) mass is 627 g/mol. The lowest BCUT2D eigenvalue weighted by Crippen LogP contribution is -2.35. The molecular formula is C44H70N2. The smallest absolute Gasteiger partial charge is 0.112 e. The van der Waals surface area contributed by atoms with Crippen molar-refractivity contribution >= 4 is 0 Å². The maximum atomic E-state index is 5.15. The normalized spacial score (nSPS) is 13.5. The lowest BCUT2D eigenvalue weighted by Gasteiger charge is -2.39. The summed E-state index contributed by atoms with van der Waals surface area (Å²) in [6.07, 6.45) is 35.6. The molecule has 2 atom stereocenters. The van der Waals surface area contributed by atoms with Crippen molar-refractivity contribution in [1.82, 2.24) is 9.55 Å². The predicted molar refractivity (Wildman–Crippen MR) is 202 cm³/mol. The number of unbranched alkanes of at least 4 members (excludes halogenated alkanes) is 19. The minimum Gasteiger partial charge on any atom is -0.335 e. The number of nitrogens with zero attached hydrogens (tertiary/aromatic N) is 2. The lowest BCUT2D eigenvalue weighted by atomic mass is 9.66. The average molecular weight is 627 g/mol. The fraction of sp³-hybridized carbons (Fsp3) is 0.659. The van der Waals surface area contributed by atoms with Gasteiger partial charge in [0.1, 0.15) is 5.82 Å². The highest BCUT2D eigenvalue weighted by molar-refractivity contribution is 5.33. The molecule has 0 bridgehead atoms. The number of benzene rings is 2. The van der Waals surface area contributed by atoms with E-state index in [9.17, 15) is 0 Å². The number of imidazole rings is 1. The Labute approximate surface area is 285 Å². The van der Waals surface area contributed by atoms with Gasteiger partial charge in [0.25, 0.3) is 0 Å². The molecule has 0 aliphatic heterocycles. The van der Waals surface area contributed by atoms with E-state index >= 15 is 0 Å². The molecule has 2 aromatic carbocycles. The molecule has 2 nitrogen and oxygen atoms in total. The molecule has 0 spiro atoms. The molecule has 0 fully saturated rings. The molecule has 0 aliphatic rings. The summed E-state index contributed by atoms with van der Waals surface area (Å²) in [6.45, 7) is 8.23. The molecule has 0 saturated carbocycles. The molecule has 3 aromatic rings. The summed E-state index contributed by atoms with van der Waals surface area (Å²) >= 11 is 0. The molecule has 0 aliphatic carbocycles. The summed E-state index contributed by atoms with van der Waals surface area (Å²) in [5.74, 6) is 1.69. The van der Waals surface area contributed by atoms with Gasteiger partial charge in [0.15, 0.2) is 0 Å². The minimum absolute atomic E-state index is 0.0257. The number of aryl methyl sites for hydroxylation is 1. The van der Waals surface area contributed by atoms with Crippen LogP contribution in [0.3, 0.4) is 0 Å². The third-order valence-corrected chi connectivity index (χ3v) is 10.5. The zero-order valence-corrected chi connectivity index (χ0v) is 30.4. The number of aromatic nitrogens is 2. The van der Waals surface area contributed by atoms with Crippen molar-refractivity contribution in [2.75, 3.05) is 0 Å². The van der Waals surface area contributed by atoms with E-state index in [2.05, 4.69) is 98.4 Å². The lowest BCUT2D eigenvalue weighted by molar-refractivity contribution is 0.321. The van der Waals surface area contributed by atoms with Crippen LogP contribution >= 0.6 is 0 Å². The van der Waals surface area contributed by atoms with E-state index in [4.69, 9.17) is 4.98 Å². The molecule has 2 heteroatoms. The highest BCUT2D eigenvalue weighted by Crippen LogP contribution is 2.44. The predicted octanol–water partition coefficient (Wildman–Crippen LogP) is 13.8. The van der Waals surface area contributed by atoms with Gasteiger partial charge in [0.2, 0.25) is 0 Å². The molecule has 0 saturated heterocycles. The molecule has 1 aromatic heterocycles. The van der Waals surface area contributed by atoms with Crippen molar-refractivity contribution in [2.24, 2.45) is 0 Å². The second-order valence-electron chi connectivity index (χ2n) is 14.5. The molecule has 0 radical (unpaired) electrons. The van der Waals surface area contributed by atoms with E-state index in [-0.39, 0.29) is 5.41 Å². The van der Waals surface area contributed by atoms with Gasteiger partial charge in [0.05, 0.1) is 0 Å².